The molecule has 1 aliphatic carbocycles. The lowest BCUT2D eigenvalue weighted by molar-refractivity contribution is 0.596. The van der Waals surface area contributed by atoms with Crippen molar-refractivity contribution in [2.24, 2.45) is 0 Å². The van der Waals surface area contributed by atoms with Gasteiger partial charge in [-0.25, -0.2) is 4.98 Å². The predicted octanol–water partition coefficient (Wildman–Crippen LogP) is 3.98. The van der Waals surface area contributed by atoms with E-state index in [0.29, 0.717) is 12.1 Å². The first kappa shape index (κ1) is 14.5. The molecule has 0 radical (unpaired) electrons. The van der Waals surface area contributed by atoms with Crippen LogP contribution in [-0.4, -0.2) is 17.6 Å². The number of anilines is 1. The molecule has 0 bridgehead atoms. The van der Waals surface area contributed by atoms with E-state index in [4.69, 9.17) is 4.98 Å². The summed E-state index contributed by atoms with van der Waals surface area (Å²) in [6, 6.07) is 7.63. The van der Waals surface area contributed by atoms with Crippen molar-refractivity contribution in [1.29, 1.82) is 0 Å². The molecule has 1 unspecified atom stereocenters. The number of pyridine rings is 1. The Hall–Kier alpha value is -1.39. The molecular formula is C17H23N3S. The van der Waals surface area contributed by atoms with Gasteiger partial charge < -0.3 is 10.2 Å². The Morgan fingerprint density at radius 3 is 2.81 bits per heavy atom. The molecule has 112 valence electrons. The monoisotopic (exact) mass is 301 g/mol. The van der Waals surface area contributed by atoms with Gasteiger partial charge >= 0.3 is 0 Å². The third-order valence-corrected chi connectivity index (χ3v) is 4.73. The van der Waals surface area contributed by atoms with Gasteiger partial charge in [0.2, 0.25) is 0 Å². The molecular weight excluding hydrogens is 278 g/mol. The topological polar surface area (TPSA) is 28.2 Å². The molecule has 0 saturated heterocycles. The van der Waals surface area contributed by atoms with Crippen molar-refractivity contribution >= 4 is 17.2 Å². The van der Waals surface area contributed by atoms with Crippen molar-refractivity contribution < 1.29 is 0 Å². The molecule has 3 nitrogen and oxygen atoms in total. The number of aromatic nitrogens is 1. The molecule has 1 fully saturated rings. The number of thiophene rings is 1. The molecule has 2 heterocycles. The van der Waals surface area contributed by atoms with Crippen LogP contribution < -0.4 is 10.2 Å². The van der Waals surface area contributed by atoms with Crippen LogP contribution in [0.25, 0.3) is 0 Å². The summed E-state index contributed by atoms with van der Waals surface area (Å²) < 4.78 is 0. The van der Waals surface area contributed by atoms with Crippen molar-refractivity contribution in [2.45, 2.75) is 45.3 Å². The zero-order valence-corrected chi connectivity index (χ0v) is 13.6. The van der Waals surface area contributed by atoms with E-state index in [9.17, 15) is 0 Å². The van der Waals surface area contributed by atoms with Gasteiger partial charge in [-0.1, -0.05) is 13.0 Å². The Morgan fingerprint density at radius 1 is 1.38 bits per heavy atom. The predicted molar refractivity (Wildman–Crippen MR) is 89.9 cm³/mol. The van der Waals surface area contributed by atoms with Crippen LogP contribution in [0.1, 0.15) is 43.9 Å². The molecule has 0 aliphatic heterocycles. The van der Waals surface area contributed by atoms with Crippen LogP contribution in [-0.2, 0) is 6.54 Å². The molecule has 2 aromatic heterocycles. The molecule has 0 spiro atoms. The van der Waals surface area contributed by atoms with Crippen molar-refractivity contribution in [3.05, 3.63) is 46.3 Å². The summed E-state index contributed by atoms with van der Waals surface area (Å²) in [5.74, 6) is 1.11. The Morgan fingerprint density at radius 2 is 2.24 bits per heavy atom. The zero-order valence-electron chi connectivity index (χ0n) is 12.7. The third kappa shape index (κ3) is 3.63. The fourth-order valence-corrected chi connectivity index (χ4v) is 3.27. The van der Waals surface area contributed by atoms with Crippen LogP contribution in [0.5, 0.6) is 0 Å². The third-order valence-electron chi connectivity index (χ3n) is 4.00. The van der Waals surface area contributed by atoms with Crippen LogP contribution in [0.2, 0.25) is 0 Å². The summed E-state index contributed by atoms with van der Waals surface area (Å²) in [7, 11) is 0. The second kappa shape index (κ2) is 6.58. The number of hydrogen-bond donors (Lipinski definition) is 1. The minimum absolute atomic E-state index is 0.364. The molecule has 4 heteroatoms. The molecule has 0 amide bonds. The maximum Gasteiger partial charge on any atom is 0.129 e. The summed E-state index contributed by atoms with van der Waals surface area (Å²) in [5.41, 5.74) is 2.64. The van der Waals surface area contributed by atoms with Crippen molar-refractivity contribution in [3.63, 3.8) is 0 Å². The van der Waals surface area contributed by atoms with Crippen molar-refractivity contribution in [1.82, 2.24) is 10.3 Å². The van der Waals surface area contributed by atoms with E-state index in [0.717, 1.165) is 18.9 Å². The van der Waals surface area contributed by atoms with Gasteiger partial charge in [0, 0.05) is 24.8 Å². The molecule has 2 aromatic rings. The molecule has 1 aliphatic rings. The fraction of sp³-hybridized carbons (Fsp3) is 0.471. The van der Waals surface area contributed by atoms with E-state index in [1.807, 2.05) is 6.20 Å². The van der Waals surface area contributed by atoms with Crippen LogP contribution in [0.3, 0.4) is 0 Å². The molecule has 1 atom stereocenters. The number of nitrogens with one attached hydrogen (secondary N) is 1. The van der Waals surface area contributed by atoms with E-state index >= 15 is 0 Å². The smallest absolute Gasteiger partial charge is 0.129 e. The first-order valence-corrected chi connectivity index (χ1v) is 8.69. The first-order valence-electron chi connectivity index (χ1n) is 7.75. The minimum Gasteiger partial charge on any atom is -0.349 e. The van der Waals surface area contributed by atoms with E-state index < -0.39 is 0 Å². The standard InChI is InChI=1S/C17H23N3S/c1-3-18-13(2)15-4-7-17(19-10-15)20(16-5-6-16)11-14-8-9-21-12-14/h4,7-10,12-13,16,18H,3,5-6,11H2,1-2H3. The SMILES string of the molecule is CCNC(C)c1ccc(N(Cc2ccsc2)C2CC2)nc1. The quantitative estimate of drug-likeness (QED) is 0.838. The summed E-state index contributed by atoms with van der Waals surface area (Å²) in [6.45, 7) is 6.27. The van der Waals surface area contributed by atoms with Gasteiger partial charge in [-0.3, -0.25) is 0 Å². The van der Waals surface area contributed by atoms with Gasteiger partial charge in [0.25, 0.3) is 0 Å². The van der Waals surface area contributed by atoms with Crippen LogP contribution in [0.15, 0.2) is 35.2 Å². The van der Waals surface area contributed by atoms with Gasteiger partial charge in [-0.2, -0.15) is 11.3 Å². The zero-order chi connectivity index (χ0) is 14.7. The van der Waals surface area contributed by atoms with Crippen molar-refractivity contribution in [3.8, 4) is 0 Å². The van der Waals surface area contributed by atoms with E-state index in [-0.39, 0.29) is 0 Å². The maximum absolute atomic E-state index is 4.71. The Balaban J connectivity index is 1.74. The highest BCUT2D eigenvalue weighted by Gasteiger charge is 2.30. The fourth-order valence-electron chi connectivity index (χ4n) is 2.61. The van der Waals surface area contributed by atoms with Gasteiger partial charge in [-0.15, -0.1) is 0 Å². The maximum atomic E-state index is 4.71. The highest BCUT2D eigenvalue weighted by molar-refractivity contribution is 7.07. The van der Waals surface area contributed by atoms with E-state index in [2.05, 4.69) is 53.0 Å². The lowest BCUT2D eigenvalue weighted by atomic mass is 10.1. The molecule has 3 rings (SSSR count). The largest absolute Gasteiger partial charge is 0.349 e. The van der Waals surface area contributed by atoms with Crippen molar-refractivity contribution in [2.75, 3.05) is 11.4 Å². The van der Waals surface area contributed by atoms with Gasteiger partial charge in [0.05, 0.1) is 0 Å². The molecule has 1 saturated carbocycles. The summed E-state index contributed by atoms with van der Waals surface area (Å²) in [6.07, 6.45) is 4.61. The lowest BCUT2D eigenvalue weighted by Gasteiger charge is -2.23. The first-order chi connectivity index (χ1) is 10.3. The summed E-state index contributed by atoms with van der Waals surface area (Å²) in [4.78, 5) is 7.16. The lowest BCUT2D eigenvalue weighted by Crippen LogP contribution is -2.26. The Labute approximate surface area is 131 Å². The highest BCUT2D eigenvalue weighted by Crippen LogP contribution is 2.32. The van der Waals surface area contributed by atoms with Gasteiger partial charge in [0.15, 0.2) is 0 Å². The highest BCUT2D eigenvalue weighted by atomic mass is 32.1. The Kier molecular flexibility index (Phi) is 4.56. The summed E-state index contributed by atoms with van der Waals surface area (Å²) in [5, 5.41) is 7.81. The molecule has 1 N–H and O–H groups in total. The second-order valence-electron chi connectivity index (χ2n) is 5.72. The summed E-state index contributed by atoms with van der Waals surface area (Å²) >= 11 is 1.77. The number of hydrogen-bond acceptors (Lipinski definition) is 4. The van der Waals surface area contributed by atoms with Gasteiger partial charge in [0.1, 0.15) is 5.82 Å². The molecule has 0 aromatic carbocycles. The van der Waals surface area contributed by atoms with E-state index in [1.165, 1.54) is 24.0 Å². The average molecular weight is 301 g/mol. The average Bonchev–Trinajstić information content (AvgIpc) is 3.22. The van der Waals surface area contributed by atoms with Crippen LogP contribution >= 0.6 is 11.3 Å². The number of rotatable bonds is 7. The second-order valence-corrected chi connectivity index (χ2v) is 6.50. The Bertz CT molecular complexity index is 546. The number of nitrogens with zero attached hydrogens (tertiary/aromatic N) is 2. The molecule has 21 heavy (non-hydrogen) atoms. The van der Waals surface area contributed by atoms with Gasteiger partial charge in [-0.05, 0) is 60.3 Å². The normalized spacial score (nSPS) is 15.9. The van der Waals surface area contributed by atoms with Crippen LogP contribution in [0, 0.1) is 0 Å². The minimum atomic E-state index is 0.364. The van der Waals surface area contributed by atoms with Crippen LogP contribution in [0.4, 0.5) is 5.82 Å². The van der Waals surface area contributed by atoms with E-state index in [1.54, 1.807) is 11.3 Å².